The highest BCUT2D eigenvalue weighted by molar-refractivity contribution is 5.74. The van der Waals surface area contributed by atoms with Crippen LogP contribution in [0.15, 0.2) is 0 Å². The third-order valence-electron chi connectivity index (χ3n) is 3.88. The van der Waals surface area contributed by atoms with Crippen LogP contribution in [-0.2, 0) is 4.79 Å². The molecule has 1 aliphatic carbocycles. The highest BCUT2D eigenvalue weighted by Gasteiger charge is 2.24. The van der Waals surface area contributed by atoms with Crippen molar-refractivity contribution in [1.29, 1.82) is 0 Å². The molecular weight excluding hydrogens is 244 g/mol. The van der Waals surface area contributed by atoms with Gasteiger partial charge in [0.05, 0.1) is 6.42 Å². The lowest BCUT2D eigenvalue weighted by Gasteiger charge is -2.31. The predicted molar refractivity (Wildman–Crippen MR) is 74.0 cm³/mol. The summed E-state index contributed by atoms with van der Waals surface area (Å²) in [6, 6.07) is -0.248. The molecule has 0 heterocycles. The smallest absolute Gasteiger partial charge is 0.314 e. The van der Waals surface area contributed by atoms with Crippen LogP contribution < -0.4 is 10.6 Å². The standard InChI is InChI=1S/C14H26N2O3/c1-2-5-11-6-3-4-7-12(11)10-16-14(19)15-9-8-13(17)18/h11-12H,2-10H2,1H3,(H,17,18)(H2,15,16,19). The maximum atomic E-state index is 11.5. The molecule has 0 radical (unpaired) electrons. The van der Waals surface area contributed by atoms with Crippen molar-refractivity contribution in [2.75, 3.05) is 13.1 Å². The second kappa shape index (κ2) is 8.77. The van der Waals surface area contributed by atoms with E-state index in [1.54, 1.807) is 0 Å². The van der Waals surface area contributed by atoms with Crippen LogP contribution in [0.1, 0.15) is 51.9 Å². The Morgan fingerprint density at radius 1 is 1.16 bits per heavy atom. The fourth-order valence-corrected chi connectivity index (χ4v) is 2.87. The lowest BCUT2D eigenvalue weighted by molar-refractivity contribution is -0.136. The van der Waals surface area contributed by atoms with Crippen molar-refractivity contribution >= 4 is 12.0 Å². The molecule has 2 amide bonds. The van der Waals surface area contributed by atoms with Gasteiger partial charge in [0, 0.05) is 13.1 Å². The molecule has 0 aliphatic heterocycles. The molecular formula is C14H26N2O3. The van der Waals surface area contributed by atoms with E-state index in [4.69, 9.17) is 5.11 Å². The first kappa shape index (κ1) is 15.8. The molecule has 110 valence electrons. The second-order valence-electron chi connectivity index (χ2n) is 5.37. The Hall–Kier alpha value is -1.26. The summed E-state index contributed by atoms with van der Waals surface area (Å²) in [7, 11) is 0. The normalized spacial score (nSPS) is 22.8. The molecule has 19 heavy (non-hydrogen) atoms. The van der Waals surface area contributed by atoms with Gasteiger partial charge in [-0.2, -0.15) is 0 Å². The lowest BCUT2D eigenvalue weighted by Crippen LogP contribution is -2.41. The van der Waals surface area contributed by atoms with Crippen LogP contribution in [0.4, 0.5) is 4.79 Å². The van der Waals surface area contributed by atoms with E-state index in [0.717, 1.165) is 5.92 Å². The van der Waals surface area contributed by atoms with Gasteiger partial charge in [-0.25, -0.2) is 4.79 Å². The summed E-state index contributed by atoms with van der Waals surface area (Å²) in [5.74, 6) is 0.424. The topological polar surface area (TPSA) is 78.4 Å². The van der Waals surface area contributed by atoms with E-state index in [0.29, 0.717) is 12.5 Å². The number of amides is 2. The van der Waals surface area contributed by atoms with Gasteiger partial charge in [-0.15, -0.1) is 0 Å². The van der Waals surface area contributed by atoms with E-state index >= 15 is 0 Å². The third kappa shape index (κ3) is 6.45. The molecule has 1 aliphatic rings. The Bertz CT molecular complexity index is 292. The molecule has 0 aromatic heterocycles. The Balaban J connectivity index is 2.21. The number of nitrogens with one attached hydrogen (secondary N) is 2. The van der Waals surface area contributed by atoms with Crippen LogP contribution in [0.3, 0.4) is 0 Å². The summed E-state index contributed by atoms with van der Waals surface area (Å²) in [6.45, 7) is 3.10. The molecule has 0 saturated heterocycles. The summed E-state index contributed by atoms with van der Waals surface area (Å²) < 4.78 is 0. The monoisotopic (exact) mass is 270 g/mol. The van der Waals surface area contributed by atoms with Crippen LogP contribution >= 0.6 is 0 Å². The third-order valence-corrected chi connectivity index (χ3v) is 3.88. The average Bonchev–Trinajstić information content (AvgIpc) is 2.37. The quantitative estimate of drug-likeness (QED) is 0.664. The van der Waals surface area contributed by atoms with Crippen LogP contribution in [0, 0.1) is 11.8 Å². The lowest BCUT2D eigenvalue weighted by atomic mass is 9.77. The van der Waals surface area contributed by atoms with Gasteiger partial charge >= 0.3 is 12.0 Å². The summed E-state index contributed by atoms with van der Waals surface area (Å²) in [5, 5.41) is 13.9. The Morgan fingerprint density at radius 2 is 1.84 bits per heavy atom. The molecule has 5 nitrogen and oxygen atoms in total. The maximum absolute atomic E-state index is 11.5. The fourth-order valence-electron chi connectivity index (χ4n) is 2.87. The number of rotatable bonds is 7. The van der Waals surface area contributed by atoms with Gasteiger partial charge in [0.2, 0.25) is 0 Å². The first-order valence-electron chi connectivity index (χ1n) is 7.37. The number of carboxylic acid groups (broad SMARTS) is 1. The number of hydrogen-bond donors (Lipinski definition) is 3. The summed E-state index contributed by atoms with van der Waals surface area (Å²) >= 11 is 0. The Morgan fingerprint density at radius 3 is 2.47 bits per heavy atom. The SMILES string of the molecule is CCCC1CCCCC1CNC(=O)NCCC(=O)O. The van der Waals surface area contributed by atoms with E-state index < -0.39 is 5.97 Å². The molecule has 3 N–H and O–H groups in total. The van der Waals surface area contributed by atoms with Gasteiger partial charge in [0.15, 0.2) is 0 Å². The summed E-state index contributed by atoms with van der Waals surface area (Å²) in [4.78, 5) is 21.8. The summed E-state index contributed by atoms with van der Waals surface area (Å²) in [6.07, 6.45) is 7.45. The Labute approximate surface area is 115 Å². The van der Waals surface area contributed by atoms with Crippen molar-refractivity contribution in [3.05, 3.63) is 0 Å². The minimum Gasteiger partial charge on any atom is -0.481 e. The number of hydrogen-bond acceptors (Lipinski definition) is 2. The van der Waals surface area contributed by atoms with Crippen molar-refractivity contribution in [3.8, 4) is 0 Å². The van der Waals surface area contributed by atoms with Crippen LogP contribution in [-0.4, -0.2) is 30.2 Å². The minimum absolute atomic E-state index is 0.0324. The zero-order valence-electron chi connectivity index (χ0n) is 11.8. The van der Waals surface area contributed by atoms with E-state index in [2.05, 4.69) is 17.6 Å². The zero-order valence-corrected chi connectivity index (χ0v) is 11.8. The second-order valence-corrected chi connectivity index (χ2v) is 5.37. The number of carboxylic acids is 1. The molecule has 2 unspecified atom stereocenters. The molecule has 1 saturated carbocycles. The number of carbonyl (C=O) groups is 2. The number of carbonyl (C=O) groups excluding carboxylic acids is 1. The van der Waals surface area contributed by atoms with Gasteiger partial charge < -0.3 is 15.7 Å². The maximum Gasteiger partial charge on any atom is 0.314 e. The van der Waals surface area contributed by atoms with Crippen LogP contribution in [0.2, 0.25) is 0 Å². The molecule has 1 rings (SSSR count). The summed E-state index contributed by atoms with van der Waals surface area (Å²) in [5.41, 5.74) is 0. The van der Waals surface area contributed by atoms with Crippen LogP contribution in [0.5, 0.6) is 0 Å². The van der Waals surface area contributed by atoms with Crippen molar-refractivity contribution in [2.45, 2.75) is 51.9 Å². The minimum atomic E-state index is -0.893. The number of aliphatic carboxylic acids is 1. The average molecular weight is 270 g/mol. The molecule has 5 heteroatoms. The van der Waals surface area contributed by atoms with Gasteiger partial charge in [0.1, 0.15) is 0 Å². The van der Waals surface area contributed by atoms with E-state index in [1.807, 2.05) is 0 Å². The fraction of sp³-hybridized carbons (Fsp3) is 0.857. The molecule has 0 aromatic carbocycles. The molecule has 2 atom stereocenters. The van der Waals surface area contributed by atoms with E-state index in [9.17, 15) is 9.59 Å². The van der Waals surface area contributed by atoms with Gasteiger partial charge in [0.25, 0.3) is 0 Å². The van der Waals surface area contributed by atoms with Crippen molar-refractivity contribution in [3.63, 3.8) is 0 Å². The predicted octanol–water partition coefficient (Wildman–Crippen LogP) is 2.37. The highest BCUT2D eigenvalue weighted by Crippen LogP contribution is 2.32. The first-order valence-corrected chi connectivity index (χ1v) is 7.37. The zero-order chi connectivity index (χ0) is 14.1. The molecule has 0 bridgehead atoms. The van der Waals surface area contributed by atoms with Crippen LogP contribution in [0.25, 0.3) is 0 Å². The first-order chi connectivity index (χ1) is 9.13. The van der Waals surface area contributed by atoms with Gasteiger partial charge in [-0.1, -0.05) is 39.0 Å². The van der Waals surface area contributed by atoms with E-state index in [1.165, 1.54) is 38.5 Å². The van der Waals surface area contributed by atoms with Crippen molar-refractivity contribution < 1.29 is 14.7 Å². The largest absolute Gasteiger partial charge is 0.481 e. The molecule has 0 spiro atoms. The number of urea groups is 1. The van der Waals surface area contributed by atoms with Crippen molar-refractivity contribution in [2.24, 2.45) is 11.8 Å². The van der Waals surface area contributed by atoms with Crippen molar-refractivity contribution in [1.82, 2.24) is 10.6 Å². The molecule has 0 aromatic rings. The molecule has 1 fully saturated rings. The Kier molecular flexibility index (Phi) is 7.30. The van der Waals surface area contributed by atoms with Gasteiger partial charge in [-0.05, 0) is 18.3 Å². The van der Waals surface area contributed by atoms with E-state index in [-0.39, 0.29) is 19.0 Å². The van der Waals surface area contributed by atoms with Gasteiger partial charge in [-0.3, -0.25) is 4.79 Å². The highest BCUT2D eigenvalue weighted by atomic mass is 16.4.